The monoisotopic (exact) mass is 326 g/mol. The minimum Gasteiger partial charge on any atom is -0.423 e. The molecule has 10 heteroatoms. The van der Waals surface area contributed by atoms with E-state index < -0.39 is 5.09 Å². The van der Waals surface area contributed by atoms with Gasteiger partial charge in [-0.2, -0.15) is 4.98 Å². The Kier molecular flexibility index (Phi) is 6.01. The number of nitrogen functional groups attached to an aromatic ring is 1. The first kappa shape index (κ1) is 16.8. The van der Waals surface area contributed by atoms with Gasteiger partial charge in [-0.05, 0) is 32.1 Å². The van der Waals surface area contributed by atoms with Crippen LogP contribution in [0.4, 0.5) is 11.8 Å². The fraction of sp³-hybridized carbons (Fsp3) is 0.692. The topological polar surface area (TPSA) is 132 Å². The number of aromatic nitrogens is 2. The second-order valence-corrected chi connectivity index (χ2v) is 5.34. The van der Waals surface area contributed by atoms with Crippen molar-refractivity contribution in [2.24, 2.45) is 4.99 Å². The average Bonchev–Trinajstić information content (AvgIpc) is 2.54. The van der Waals surface area contributed by atoms with Crippen LogP contribution in [0.5, 0.6) is 0 Å². The number of unbranched alkanes of at least 4 members (excludes halogenated alkanes) is 1. The number of rotatable bonds is 7. The van der Waals surface area contributed by atoms with E-state index in [0.717, 1.165) is 30.7 Å². The van der Waals surface area contributed by atoms with E-state index in [0.29, 0.717) is 30.7 Å². The Morgan fingerprint density at radius 3 is 2.83 bits per heavy atom. The molecular weight excluding hydrogens is 304 g/mol. The molecule has 0 spiro atoms. The van der Waals surface area contributed by atoms with Gasteiger partial charge < -0.3 is 20.7 Å². The minimum absolute atomic E-state index is 0.0106. The predicted octanol–water partition coefficient (Wildman–Crippen LogP) is 0.582. The van der Waals surface area contributed by atoms with Gasteiger partial charge in [0, 0.05) is 25.7 Å². The fourth-order valence-electron chi connectivity index (χ4n) is 2.44. The second kappa shape index (κ2) is 8.20. The van der Waals surface area contributed by atoms with Crippen LogP contribution in [0.2, 0.25) is 0 Å². The molecule has 1 aromatic heterocycles. The van der Waals surface area contributed by atoms with Crippen LogP contribution in [0.15, 0.2) is 11.1 Å². The van der Waals surface area contributed by atoms with Crippen LogP contribution >= 0.6 is 0 Å². The Morgan fingerprint density at radius 2 is 2.13 bits per heavy atom. The van der Waals surface area contributed by atoms with Crippen LogP contribution in [0.25, 0.3) is 0 Å². The summed E-state index contributed by atoms with van der Waals surface area (Å²) in [6, 6.07) is 1.70. The number of nitrogens with two attached hydrogens (primary N) is 1. The molecule has 10 nitrogen and oxygen atoms in total. The summed E-state index contributed by atoms with van der Waals surface area (Å²) in [5.74, 6) is 0.700. The van der Waals surface area contributed by atoms with E-state index in [1.807, 2.05) is 0 Å². The Hall–Kier alpha value is -2.52. The molecule has 128 valence electrons. The quantitative estimate of drug-likeness (QED) is 0.324. The molecule has 1 saturated heterocycles. The normalized spacial score (nSPS) is 15.7. The highest BCUT2D eigenvalue weighted by Gasteiger charge is 2.14. The SMILES string of the molecule is Nc1nc(N2CCCCC2)cc(=NCCCCO[N+](=O)[O-])n1O. The third kappa shape index (κ3) is 5.01. The van der Waals surface area contributed by atoms with Crippen LogP contribution in [0.3, 0.4) is 0 Å². The maximum atomic E-state index is 10.0. The van der Waals surface area contributed by atoms with Crippen molar-refractivity contribution in [1.29, 1.82) is 0 Å². The lowest BCUT2D eigenvalue weighted by Crippen LogP contribution is -2.33. The molecule has 2 rings (SSSR count). The maximum Gasteiger partial charge on any atom is 0.294 e. The van der Waals surface area contributed by atoms with Crippen molar-refractivity contribution in [3.8, 4) is 0 Å². The van der Waals surface area contributed by atoms with Gasteiger partial charge in [0.2, 0.25) is 5.95 Å². The molecule has 1 aromatic rings. The molecule has 0 amide bonds. The van der Waals surface area contributed by atoms with E-state index in [-0.39, 0.29) is 12.6 Å². The molecule has 0 saturated carbocycles. The molecular formula is C13H22N6O4. The first-order valence-electron chi connectivity index (χ1n) is 7.69. The van der Waals surface area contributed by atoms with E-state index in [1.165, 1.54) is 6.42 Å². The highest BCUT2D eigenvalue weighted by molar-refractivity contribution is 5.41. The third-order valence-electron chi connectivity index (χ3n) is 3.62. The van der Waals surface area contributed by atoms with Crippen LogP contribution in [-0.2, 0) is 4.84 Å². The summed E-state index contributed by atoms with van der Waals surface area (Å²) in [7, 11) is 0. The van der Waals surface area contributed by atoms with Crippen molar-refractivity contribution in [3.63, 3.8) is 0 Å². The smallest absolute Gasteiger partial charge is 0.294 e. The molecule has 0 aliphatic carbocycles. The van der Waals surface area contributed by atoms with Gasteiger partial charge in [0.1, 0.15) is 5.82 Å². The van der Waals surface area contributed by atoms with Crippen LogP contribution in [0.1, 0.15) is 32.1 Å². The highest BCUT2D eigenvalue weighted by atomic mass is 16.9. The van der Waals surface area contributed by atoms with Gasteiger partial charge in [0.25, 0.3) is 5.09 Å². The molecule has 0 radical (unpaired) electrons. The van der Waals surface area contributed by atoms with Crippen LogP contribution < -0.4 is 16.1 Å². The molecule has 0 unspecified atom stereocenters. The molecule has 2 heterocycles. The van der Waals surface area contributed by atoms with Crippen molar-refractivity contribution in [3.05, 3.63) is 21.7 Å². The summed E-state index contributed by atoms with van der Waals surface area (Å²) in [5, 5.41) is 19.1. The molecule has 1 aliphatic heterocycles. The summed E-state index contributed by atoms with van der Waals surface area (Å²) >= 11 is 0. The molecule has 0 bridgehead atoms. The summed E-state index contributed by atoms with van der Waals surface area (Å²) in [6.07, 6.45) is 4.55. The third-order valence-corrected chi connectivity index (χ3v) is 3.62. The Labute approximate surface area is 133 Å². The molecule has 0 atom stereocenters. The molecule has 3 N–H and O–H groups in total. The van der Waals surface area contributed by atoms with E-state index in [4.69, 9.17) is 5.73 Å². The van der Waals surface area contributed by atoms with Crippen molar-refractivity contribution in [2.45, 2.75) is 32.1 Å². The van der Waals surface area contributed by atoms with Crippen molar-refractivity contribution < 1.29 is 15.1 Å². The van der Waals surface area contributed by atoms with E-state index >= 15 is 0 Å². The van der Waals surface area contributed by atoms with Gasteiger partial charge in [0.15, 0.2) is 5.49 Å². The van der Waals surface area contributed by atoms with Gasteiger partial charge in [-0.1, -0.05) is 0 Å². The van der Waals surface area contributed by atoms with Gasteiger partial charge in [-0.15, -0.1) is 14.8 Å². The summed E-state index contributed by atoms with van der Waals surface area (Å²) < 4.78 is 0.751. The zero-order chi connectivity index (χ0) is 16.7. The van der Waals surface area contributed by atoms with Crippen LogP contribution in [0, 0.1) is 10.1 Å². The minimum atomic E-state index is -0.812. The maximum absolute atomic E-state index is 10.0. The van der Waals surface area contributed by atoms with E-state index in [1.54, 1.807) is 6.07 Å². The number of hydrogen-bond donors (Lipinski definition) is 2. The van der Waals surface area contributed by atoms with Gasteiger partial charge in [-0.25, -0.2) is 0 Å². The first-order chi connectivity index (χ1) is 11.1. The van der Waals surface area contributed by atoms with Gasteiger partial charge in [0.05, 0.1) is 6.61 Å². The second-order valence-electron chi connectivity index (χ2n) is 5.34. The van der Waals surface area contributed by atoms with E-state index in [9.17, 15) is 15.3 Å². The van der Waals surface area contributed by atoms with Crippen molar-refractivity contribution in [1.82, 2.24) is 9.71 Å². The zero-order valence-electron chi connectivity index (χ0n) is 12.9. The largest absolute Gasteiger partial charge is 0.423 e. The Balaban J connectivity index is 2.00. The molecule has 1 aliphatic rings. The van der Waals surface area contributed by atoms with E-state index in [2.05, 4.69) is 19.7 Å². The standard InChI is InChI=1S/C13H22N6O4/c14-13-16-12(17-7-3-1-4-8-17)10-11(18(13)20)15-6-2-5-9-23-19(21)22/h10,20H,1-9H2,(H2,14,16). The molecule has 23 heavy (non-hydrogen) atoms. The summed E-state index contributed by atoms with van der Waals surface area (Å²) in [6.45, 7) is 2.28. The Morgan fingerprint density at radius 1 is 1.39 bits per heavy atom. The first-order valence-corrected chi connectivity index (χ1v) is 7.69. The van der Waals surface area contributed by atoms with Crippen molar-refractivity contribution >= 4 is 11.8 Å². The lowest BCUT2D eigenvalue weighted by atomic mass is 10.1. The number of piperidine rings is 1. The van der Waals surface area contributed by atoms with Gasteiger partial charge in [-0.3, -0.25) is 4.99 Å². The number of nitrogens with zero attached hydrogens (tertiary/aromatic N) is 5. The molecule has 1 fully saturated rings. The summed E-state index contributed by atoms with van der Waals surface area (Å²) in [5.41, 5.74) is 6.06. The number of hydrogen-bond acceptors (Lipinski definition) is 8. The lowest BCUT2D eigenvalue weighted by molar-refractivity contribution is -0.757. The van der Waals surface area contributed by atoms with Gasteiger partial charge >= 0.3 is 0 Å². The summed E-state index contributed by atoms with van der Waals surface area (Å²) in [4.78, 5) is 24.9. The predicted molar refractivity (Wildman–Crippen MR) is 82.5 cm³/mol. The highest BCUT2D eigenvalue weighted by Crippen LogP contribution is 2.16. The fourth-order valence-corrected chi connectivity index (χ4v) is 2.44. The van der Waals surface area contributed by atoms with Crippen LogP contribution in [-0.4, -0.2) is 46.2 Å². The lowest BCUT2D eigenvalue weighted by Gasteiger charge is -2.27. The Bertz CT molecular complexity index is 597. The molecule has 0 aromatic carbocycles. The zero-order valence-corrected chi connectivity index (χ0v) is 12.9. The van der Waals surface area contributed by atoms with Crippen molar-refractivity contribution in [2.75, 3.05) is 36.9 Å². The number of anilines is 2. The average molecular weight is 326 g/mol.